The van der Waals surface area contributed by atoms with Crippen LogP contribution in [0.2, 0.25) is 5.28 Å². The average Bonchev–Trinajstić information content (AvgIpc) is 3.05. The van der Waals surface area contributed by atoms with Gasteiger partial charge in [-0.3, -0.25) is 0 Å². The highest BCUT2D eigenvalue weighted by Gasteiger charge is 2.37. The quantitative estimate of drug-likeness (QED) is 0.436. The number of hydrogen-bond acceptors (Lipinski definition) is 8. The predicted octanol–water partition coefficient (Wildman–Crippen LogP) is 2.40. The van der Waals surface area contributed by atoms with Crippen LogP contribution >= 0.6 is 22.9 Å². The molecule has 0 atom stereocenters. The second-order valence-corrected chi connectivity index (χ2v) is 5.55. The molecule has 2 aromatic heterocycles. The van der Waals surface area contributed by atoms with Gasteiger partial charge in [-0.2, -0.15) is 14.4 Å². The number of hydrazine groups is 1. The molecule has 0 aliphatic heterocycles. The van der Waals surface area contributed by atoms with E-state index in [2.05, 4.69) is 20.3 Å². The number of rotatable bonds is 4. The van der Waals surface area contributed by atoms with Crippen LogP contribution in [0, 0.1) is 5.82 Å². The lowest BCUT2D eigenvalue weighted by Crippen LogP contribution is -2.52. The number of hydrogen-bond donors (Lipinski definition) is 4. The van der Waals surface area contributed by atoms with E-state index < -0.39 is 51.0 Å². The first kappa shape index (κ1) is 19.1. The van der Waals surface area contributed by atoms with Gasteiger partial charge >= 0.3 is 18.3 Å². The zero-order valence-corrected chi connectivity index (χ0v) is 13.9. The van der Waals surface area contributed by atoms with Crippen LogP contribution in [0.5, 0.6) is 0 Å². The van der Waals surface area contributed by atoms with Gasteiger partial charge in [-0.15, -0.1) is 21.4 Å². The van der Waals surface area contributed by atoms with E-state index >= 15 is 0 Å². The maximum absolute atomic E-state index is 14.6. The van der Waals surface area contributed by atoms with Gasteiger partial charge in [0.2, 0.25) is 16.9 Å². The van der Waals surface area contributed by atoms with Crippen molar-refractivity contribution < 1.29 is 34.1 Å². The number of imide groups is 1. The summed E-state index contributed by atoms with van der Waals surface area (Å²) in [6.45, 7) is -0.00395. The van der Waals surface area contributed by atoms with Crippen LogP contribution in [-0.2, 0) is 6.54 Å². The summed E-state index contributed by atoms with van der Waals surface area (Å²) < 4.78 is 14.6. The van der Waals surface area contributed by atoms with Crippen LogP contribution in [0.3, 0.4) is 0 Å². The van der Waals surface area contributed by atoms with Crippen molar-refractivity contribution in [3.8, 4) is 0 Å². The monoisotopic (exact) mass is 406 g/mol. The Labute approximate surface area is 152 Å². The van der Waals surface area contributed by atoms with E-state index in [4.69, 9.17) is 26.9 Å². The third-order valence-corrected chi connectivity index (χ3v) is 3.59. The summed E-state index contributed by atoms with van der Waals surface area (Å²) in [6, 6.07) is 0. The summed E-state index contributed by atoms with van der Waals surface area (Å²) in [4.78, 5) is 44.2. The van der Waals surface area contributed by atoms with Gasteiger partial charge in [-0.25, -0.2) is 19.4 Å². The number of carboxylic acid groups (broad SMARTS) is 3. The van der Waals surface area contributed by atoms with Gasteiger partial charge in [-0.05, 0) is 11.6 Å². The second kappa shape index (κ2) is 7.75. The van der Waals surface area contributed by atoms with Crippen molar-refractivity contribution in [2.45, 2.75) is 6.54 Å². The molecule has 0 aliphatic carbocycles. The predicted molar refractivity (Wildman–Crippen MR) is 84.8 cm³/mol. The lowest BCUT2D eigenvalue weighted by Gasteiger charge is -2.25. The van der Waals surface area contributed by atoms with Crippen LogP contribution in [-0.4, -0.2) is 53.6 Å². The fourth-order valence-electron chi connectivity index (χ4n) is 1.69. The molecular formula is C11H8ClFN6O6S. The lowest BCUT2D eigenvalue weighted by molar-refractivity contribution is 0.112. The number of aromatic nitrogens is 3. The molecular weight excluding hydrogens is 399 g/mol. The molecule has 2 heterocycles. The van der Waals surface area contributed by atoms with Crippen LogP contribution < -0.4 is 10.3 Å². The first-order valence-corrected chi connectivity index (χ1v) is 7.62. The van der Waals surface area contributed by atoms with Gasteiger partial charge in [-0.1, -0.05) is 0 Å². The first-order valence-electron chi connectivity index (χ1n) is 6.36. The van der Waals surface area contributed by atoms with Crippen molar-refractivity contribution in [2.75, 3.05) is 10.3 Å². The molecule has 0 bridgehead atoms. The Bertz CT molecular complexity index is 838. The fourth-order valence-corrected chi connectivity index (χ4v) is 2.41. The van der Waals surface area contributed by atoms with E-state index in [1.807, 2.05) is 0 Å². The topological polar surface area (TPSA) is 169 Å². The summed E-state index contributed by atoms with van der Waals surface area (Å²) in [5.74, 6) is -3.19. The number of nitrogens with zero attached hydrogens (tertiary/aromatic N) is 5. The number of anilines is 2. The Kier molecular flexibility index (Phi) is 5.68. The molecule has 0 aromatic carbocycles. The number of carbonyl (C=O) groups is 3. The molecule has 0 fully saturated rings. The Morgan fingerprint density at radius 1 is 1.19 bits per heavy atom. The summed E-state index contributed by atoms with van der Waals surface area (Å²) in [7, 11) is 0. The van der Waals surface area contributed by atoms with E-state index in [1.165, 1.54) is 17.5 Å². The summed E-state index contributed by atoms with van der Waals surface area (Å²) in [5, 5.41) is 29.9. The molecule has 2 rings (SSSR count). The van der Waals surface area contributed by atoms with Crippen molar-refractivity contribution in [2.24, 2.45) is 0 Å². The van der Waals surface area contributed by atoms with E-state index in [1.54, 1.807) is 5.38 Å². The normalized spacial score (nSPS) is 10.2. The van der Waals surface area contributed by atoms with Crippen molar-refractivity contribution in [1.29, 1.82) is 0 Å². The van der Waals surface area contributed by atoms with E-state index in [9.17, 15) is 18.8 Å². The molecule has 0 saturated heterocycles. The maximum atomic E-state index is 14.6. The smallest absolute Gasteiger partial charge is 0.437 e. The molecule has 3 amide bonds. The van der Waals surface area contributed by atoms with Gasteiger partial charge in [0.1, 0.15) is 5.01 Å². The lowest BCUT2D eigenvalue weighted by atomic mass is 10.4. The van der Waals surface area contributed by atoms with Gasteiger partial charge in [0, 0.05) is 11.6 Å². The van der Waals surface area contributed by atoms with Gasteiger partial charge in [0.15, 0.2) is 5.82 Å². The Morgan fingerprint density at radius 2 is 1.85 bits per heavy atom. The fraction of sp³-hybridized carbons (Fsp3) is 0.0909. The molecule has 0 saturated carbocycles. The summed E-state index contributed by atoms with van der Waals surface area (Å²) in [6.07, 6.45) is -5.04. The Hall–Kier alpha value is -3.26. The summed E-state index contributed by atoms with van der Waals surface area (Å²) >= 11 is 6.86. The molecule has 2 aromatic rings. The number of nitrogens with one attached hydrogen (secondary N) is 1. The molecule has 15 heteroatoms. The molecule has 26 heavy (non-hydrogen) atoms. The first-order chi connectivity index (χ1) is 12.2. The SMILES string of the molecule is O=C(O)N(C(=O)O)N(C(=O)O)c1nc(Cl)nc(NCc2nccs2)c1F. The molecule has 0 spiro atoms. The zero-order chi connectivity index (χ0) is 19.4. The second-order valence-electron chi connectivity index (χ2n) is 4.23. The number of halogens is 2. The zero-order valence-electron chi connectivity index (χ0n) is 12.3. The highest BCUT2D eigenvalue weighted by molar-refractivity contribution is 7.09. The molecule has 0 aliphatic rings. The van der Waals surface area contributed by atoms with Crippen molar-refractivity contribution in [3.05, 3.63) is 27.7 Å². The van der Waals surface area contributed by atoms with Gasteiger partial charge < -0.3 is 20.6 Å². The van der Waals surface area contributed by atoms with E-state index in [0.717, 1.165) is 0 Å². The van der Waals surface area contributed by atoms with Crippen molar-refractivity contribution in [3.63, 3.8) is 0 Å². The van der Waals surface area contributed by atoms with Crippen LogP contribution in [0.15, 0.2) is 11.6 Å². The van der Waals surface area contributed by atoms with Crippen LogP contribution in [0.1, 0.15) is 5.01 Å². The highest BCUT2D eigenvalue weighted by atomic mass is 35.5. The van der Waals surface area contributed by atoms with E-state index in [0.29, 0.717) is 5.01 Å². The highest BCUT2D eigenvalue weighted by Crippen LogP contribution is 2.26. The van der Waals surface area contributed by atoms with Crippen molar-refractivity contribution >= 4 is 52.9 Å². The standard InChI is InChI=1S/C11H8ClFN6O6S/c12-8-16-6(15-3-4-14-1-2-26-4)5(13)7(17-8)18(9(20)21)19(10(22)23)11(24)25/h1-2H,3H2,(H,20,21)(H,22,23)(H,24,25)(H,15,16,17). The maximum Gasteiger partial charge on any atom is 0.437 e. The molecule has 138 valence electrons. The van der Waals surface area contributed by atoms with Crippen molar-refractivity contribution in [1.82, 2.24) is 20.0 Å². The molecule has 0 radical (unpaired) electrons. The minimum Gasteiger partial charge on any atom is -0.463 e. The summed E-state index contributed by atoms with van der Waals surface area (Å²) in [5.41, 5.74) is 0. The Morgan fingerprint density at radius 3 is 2.35 bits per heavy atom. The third kappa shape index (κ3) is 4.04. The molecule has 12 nitrogen and oxygen atoms in total. The minimum atomic E-state index is -2.20. The van der Waals surface area contributed by atoms with E-state index in [-0.39, 0.29) is 6.54 Å². The number of thiazole rings is 1. The number of amides is 3. The van der Waals surface area contributed by atoms with Crippen LogP contribution in [0.4, 0.5) is 30.4 Å². The Balaban J connectivity index is 2.47. The molecule has 0 unspecified atom stereocenters. The minimum absolute atomic E-state index is 0.00395. The van der Waals surface area contributed by atoms with Crippen LogP contribution in [0.25, 0.3) is 0 Å². The van der Waals surface area contributed by atoms with Gasteiger partial charge in [0.25, 0.3) is 0 Å². The molecule has 4 N–H and O–H groups in total. The largest absolute Gasteiger partial charge is 0.463 e. The average molecular weight is 407 g/mol. The third-order valence-electron chi connectivity index (χ3n) is 2.64. The van der Waals surface area contributed by atoms with Gasteiger partial charge in [0.05, 0.1) is 6.54 Å².